The molecule has 0 radical (unpaired) electrons. The van der Waals surface area contributed by atoms with Crippen LogP contribution in [-0.4, -0.2) is 37.0 Å². The van der Waals surface area contributed by atoms with Crippen LogP contribution in [0.2, 0.25) is 0 Å². The van der Waals surface area contributed by atoms with Gasteiger partial charge in [-0.25, -0.2) is 0 Å². The lowest BCUT2D eigenvalue weighted by atomic mass is 9.93. The van der Waals surface area contributed by atoms with Gasteiger partial charge in [-0.05, 0) is 19.4 Å². The normalized spacial score (nSPS) is 18.3. The van der Waals surface area contributed by atoms with E-state index in [-0.39, 0.29) is 0 Å². The van der Waals surface area contributed by atoms with Crippen molar-refractivity contribution in [2.45, 2.75) is 50.5 Å². The quantitative estimate of drug-likeness (QED) is 0.732. The molecule has 6 heteroatoms. The highest BCUT2D eigenvalue weighted by atomic mass is 16.5. The Kier molecular flexibility index (Phi) is 5.94. The Bertz CT molecular complexity index is 389. The molecule has 0 saturated carbocycles. The molecule has 20 heavy (non-hydrogen) atoms. The molecule has 1 aliphatic heterocycles. The molecule has 0 aliphatic carbocycles. The molecule has 1 aliphatic rings. The van der Waals surface area contributed by atoms with Crippen LogP contribution in [-0.2, 0) is 21.5 Å². The molecule has 1 aromatic rings. The minimum Gasteiger partial charge on any atom is -0.381 e. The number of hydrogen-bond donors (Lipinski definition) is 1. The number of methoxy groups -OCH3 is 1. The maximum Gasteiger partial charge on any atom is 0.226 e. The Labute approximate surface area is 120 Å². The average Bonchev–Trinajstić information content (AvgIpc) is 2.97. The molecule has 2 heterocycles. The van der Waals surface area contributed by atoms with Crippen molar-refractivity contribution in [3.8, 4) is 0 Å². The molecule has 0 unspecified atom stereocenters. The minimum absolute atomic E-state index is 0.431. The highest BCUT2D eigenvalue weighted by Crippen LogP contribution is 2.33. The Balaban J connectivity index is 1.87. The zero-order chi connectivity index (χ0) is 14.3. The third kappa shape index (κ3) is 3.77. The molecule has 0 bridgehead atoms. The van der Waals surface area contributed by atoms with E-state index in [1.54, 1.807) is 7.11 Å². The predicted octanol–water partition coefficient (Wildman–Crippen LogP) is 1.78. The molecule has 0 spiro atoms. The Hall–Kier alpha value is -0.980. The molecule has 1 fully saturated rings. The van der Waals surface area contributed by atoms with Crippen LogP contribution in [0, 0.1) is 0 Å². The summed E-state index contributed by atoms with van der Waals surface area (Å²) < 4.78 is 16.4. The fourth-order valence-electron chi connectivity index (χ4n) is 2.54. The maximum absolute atomic E-state index is 5.66. The second-order valence-electron chi connectivity index (χ2n) is 5.28. The van der Waals surface area contributed by atoms with E-state index in [9.17, 15) is 0 Å². The van der Waals surface area contributed by atoms with Crippen LogP contribution in [0.1, 0.15) is 50.2 Å². The van der Waals surface area contributed by atoms with Crippen LogP contribution in [0.15, 0.2) is 4.52 Å². The minimum atomic E-state index is -0.431. The Morgan fingerprint density at radius 3 is 2.65 bits per heavy atom. The lowest BCUT2D eigenvalue weighted by Crippen LogP contribution is -2.36. The average molecular weight is 283 g/mol. The lowest BCUT2D eigenvalue weighted by Gasteiger charge is -2.32. The molecular formula is C14H25N3O3. The zero-order valence-corrected chi connectivity index (χ0v) is 12.3. The summed E-state index contributed by atoms with van der Waals surface area (Å²) in [5.41, 5.74) is 5.04. The van der Waals surface area contributed by atoms with Gasteiger partial charge in [0.25, 0.3) is 0 Å². The van der Waals surface area contributed by atoms with Crippen LogP contribution >= 0.6 is 0 Å². The van der Waals surface area contributed by atoms with Gasteiger partial charge in [0, 0.05) is 39.6 Å². The third-order valence-corrected chi connectivity index (χ3v) is 3.91. The summed E-state index contributed by atoms with van der Waals surface area (Å²) in [6.45, 7) is 2.12. The number of hydrogen-bond acceptors (Lipinski definition) is 6. The largest absolute Gasteiger partial charge is 0.381 e. The van der Waals surface area contributed by atoms with Gasteiger partial charge in [0.15, 0.2) is 0 Å². The standard InChI is InChI=1S/C14H25N3O3/c1-18-14(7-10-19-11-8-14)13-16-12(20-17-13)6-4-2-3-5-9-15/h2-11,15H2,1H3. The SMILES string of the molecule is COC1(c2noc(CCCCCCN)n2)CCOCC1. The molecule has 114 valence electrons. The van der Waals surface area contributed by atoms with Gasteiger partial charge in [-0.2, -0.15) is 4.98 Å². The van der Waals surface area contributed by atoms with Crippen molar-refractivity contribution in [3.05, 3.63) is 11.7 Å². The summed E-state index contributed by atoms with van der Waals surface area (Å²) in [5.74, 6) is 1.37. The highest BCUT2D eigenvalue weighted by Gasteiger charge is 2.39. The van der Waals surface area contributed by atoms with E-state index >= 15 is 0 Å². The van der Waals surface area contributed by atoms with Crippen LogP contribution in [0.3, 0.4) is 0 Å². The van der Waals surface area contributed by atoms with E-state index in [2.05, 4.69) is 10.1 Å². The van der Waals surface area contributed by atoms with Gasteiger partial charge in [-0.3, -0.25) is 0 Å². The van der Waals surface area contributed by atoms with Crippen molar-refractivity contribution in [2.24, 2.45) is 5.73 Å². The van der Waals surface area contributed by atoms with E-state index in [0.29, 0.717) is 24.9 Å². The van der Waals surface area contributed by atoms with Gasteiger partial charge in [-0.1, -0.05) is 18.0 Å². The van der Waals surface area contributed by atoms with Gasteiger partial charge in [0.05, 0.1) is 0 Å². The maximum atomic E-state index is 5.66. The third-order valence-electron chi connectivity index (χ3n) is 3.91. The summed E-state index contributed by atoms with van der Waals surface area (Å²) >= 11 is 0. The Morgan fingerprint density at radius 2 is 1.95 bits per heavy atom. The molecule has 1 aromatic heterocycles. The first kappa shape index (κ1) is 15.4. The fraction of sp³-hybridized carbons (Fsp3) is 0.857. The monoisotopic (exact) mass is 283 g/mol. The molecule has 6 nitrogen and oxygen atoms in total. The van der Waals surface area contributed by atoms with E-state index in [0.717, 1.165) is 51.5 Å². The van der Waals surface area contributed by atoms with Gasteiger partial charge in [0.2, 0.25) is 11.7 Å². The van der Waals surface area contributed by atoms with Crippen molar-refractivity contribution in [2.75, 3.05) is 26.9 Å². The van der Waals surface area contributed by atoms with Gasteiger partial charge in [0.1, 0.15) is 5.60 Å². The van der Waals surface area contributed by atoms with Crippen molar-refractivity contribution in [1.82, 2.24) is 10.1 Å². The summed E-state index contributed by atoms with van der Waals surface area (Å²) in [4.78, 5) is 4.51. The van der Waals surface area contributed by atoms with E-state index in [4.69, 9.17) is 19.7 Å². The first-order chi connectivity index (χ1) is 9.80. The summed E-state index contributed by atoms with van der Waals surface area (Å²) in [6.07, 6.45) is 6.84. The van der Waals surface area contributed by atoms with Crippen molar-refractivity contribution in [1.29, 1.82) is 0 Å². The number of aryl methyl sites for hydroxylation is 1. The topological polar surface area (TPSA) is 83.4 Å². The van der Waals surface area contributed by atoms with Crippen LogP contribution < -0.4 is 5.73 Å². The van der Waals surface area contributed by atoms with Gasteiger partial charge < -0.3 is 19.7 Å². The Morgan fingerprint density at radius 1 is 1.20 bits per heavy atom. The van der Waals surface area contributed by atoms with Gasteiger partial charge in [-0.15, -0.1) is 0 Å². The molecule has 0 atom stereocenters. The number of rotatable bonds is 8. The van der Waals surface area contributed by atoms with Crippen LogP contribution in [0.5, 0.6) is 0 Å². The number of nitrogens with two attached hydrogens (primary N) is 1. The number of ether oxygens (including phenoxy) is 2. The van der Waals surface area contributed by atoms with Crippen LogP contribution in [0.25, 0.3) is 0 Å². The zero-order valence-electron chi connectivity index (χ0n) is 12.3. The van der Waals surface area contributed by atoms with E-state index in [1.807, 2.05) is 0 Å². The lowest BCUT2D eigenvalue weighted by molar-refractivity contribution is -0.101. The number of nitrogens with zero attached hydrogens (tertiary/aromatic N) is 2. The predicted molar refractivity (Wildman–Crippen MR) is 74.3 cm³/mol. The smallest absolute Gasteiger partial charge is 0.226 e. The van der Waals surface area contributed by atoms with Crippen molar-refractivity contribution in [3.63, 3.8) is 0 Å². The van der Waals surface area contributed by atoms with E-state index in [1.165, 1.54) is 0 Å². The molecule has 2 N–H and O–H groups in total. The second kappa shape index (κ2) is 7.71. The summed E-state index contributed by atoms with van der Waals surface area (Å²) in [6, 6.07) is 0. The van der Waals surface area contributed by atoms with Crippen molar-refractivity contribution >= 4 is 0 Å². The number of unbranched alkanes of at least 4 members (excludes halogenated alkanes) is 3. The summed E-state index contributed by atoms with van der Waals surface area (Å²) in [5, 5.41) is 4.11. The second-order valence-corrected chi connectivity index (χ2v) is 5.28. The molecule has 0 aromatic carbocycles. The van der Waals surface area contributed by atoms with Gasteiger partial charge >= 0.3 is 0 Å². The fourth-order valence-corrected chi connectivity index (χ4v) is 2.54. The molecular weight excluding hydrogens is 258 g/mol. The summed E-state index contributed by atoms with van der Waals surface area (Å²) in [7, 11) is 1.70. The first-order valence-electron chi connectivity index (χ1n) is 7.47. The van der Waals surface area contributed by atoms with Crippen molar-refractivity contribution < 1.29 is 14.0 Å². The molecule has 2 rings (SSSR count). The van der Waals surface area contributed by atoms with Crippen LogP contribution in [0.4, 0.5) is 0 Å². The first-order valence-corrected chi connectivity index (χ1v) is 7.47. The highest BCUT2D eigenvalue weighted by molar-refractivity contribution is 5.03. The molecule has 1 saturated heterocycles. The molecule has 0 amide bonds. The number of aromatic nitrogens is 2. The van der Waals surface area contributed by atoms with E-state index < -0.39 is 5.60 Å².